The van der Waals surface area contributed by atoms with Crippen molar-refractivity contribution in [3.8, 4) is 0 Å². The number of carboxylic acids is 1. The van der Waals surface area contributed by atoms with Gasteiger partial charge in [0, 0.05) is 12.5 Å². The Morgan fingerprint density at radius 3 is 2.48 bits per heavy atom. The number of aliphatic carboxylic acids is 1. The molecule has 2 unspecified atom stereocenters. The fraction of sp³-hybridized carbons (Fsp3) is 0.875. The molecule has 2 aliphatic rings. The van der Waals surface area contributed by atoms with Gasteiger partial charge in [0.2, 0.25) is 5.91 Å². The highest BCUT2D eigenvalue weighted by molar-refractivity contribution is 5.83. The number of rotatable bonds is 5. The second kappa shape index (κ2) is 5.95. The molecule has 0 aromatic rings. The van der Waals surface area contributed by atoms with Gasteiger partial charge in [0.05, 0.1) is 5.92 Å². The zero-order valence-electron chi connectivity index (χ0n) is 13.4. The molecular weight excluding hydrogens is 268 g/mol. The summed E-state index contributed by atoms with van der Waals surface area (Å²) in [6, 6.07) is 0. The molecule has 0 radical (unpaired) electrons. The minimum absolute atomic E-state index is 0.0520. The fourth-order valence-electron chi connectivity index (χ4n) is 3.53. The van der Waals surface area contributed by atoms with Crippen LogP contribution >= 0.6 is 0 Å². The van der Waals surface area contributed by atoms with Gasteiger partial charge in [-0.1, -0.05) is 20.8 Å². The van der Waals surface area contributed by atoms with E-state index < -0.39 is 11.9 Å². The van der Waals surface area contributed by atoms with E-state index in [4.69, 9.17) is 0 Å². The highest BCUT2D eigenvalue weighted by Gasteiger charge is 2.57. The third-order valence-electron chi connectivity index (χ3n) is 4.84. The molecule has 1 spiro atoms. The largest absolute Gasteiger partial charge is 0.481 e. The molecular formula is C16H28N2O3. The monoisotopic (exact) mass is 296 g/mol. The summed E-state index contributed by atoms with van der Waals surface area (Å²) in [5.41, 5.74) is 0.154. The molecule has 1 saturated heterocycles. The number of carboxylic acid groups (broad SMARTS) is 1. The third-order valence-corrected chi connectivity index (χ3v) is 4.84. The van der Waals surface area contributed by atoms with Crippen LogP contribution in [0.15, 0.2) is 0 Å². The number of amides is 1. The van der Waals surface area contributed by atoms with E-state index in [0.717, 1.165) is 32.4 Å². The lowest BCUT2D eigenvalue weighted by molar-refractivity contribution is -0.142. The summed E-state index contributed by atoms with van der Waals surface area (Å²) >= 11 is 0. The summed E-state index contributed by atoms with van der Waals surface area (Å²) in [5.74, 6) is -1.17. The maximum absolute atomic E-state index is 12.2. The normalized spacial score (nSPS) is 25.4. The Morgan fingerprint density at radius 1 is 1.33 bits per heavy atom. The van der Waals surface area contributed by atoms with Crippen LogP contribution in [0.1, 0.15) is 46.5 Å². The summed E-state index contributed by atoms with van der Waals surface area (Å²) in [5, 5.41) is 15.5. The van der Waals surface area contributed by atoms with Gasteiger partial charge in [0.15, 0.2) is 0 Å². The minimum Gasteiger partial charge on any atom is -0.481 e. The Labute approximate surface area is 126 Å². The minimum atomic E-state index is -0.822. The van der Waals surface area contributed by atoms with Gasteiger partial charge in [-0.05, 0) is 49.6 Å². The first-order valence-corrected chi connectivity index (χ1v) is 7.95. The van der Waals surface area contributed by atoms with Crippen LogP contribution in [-0.2, 0) is 9.59 Å². The Kier molecular flexibility index (Phi) is 4.61. The molecule has 1 saturated carbocycles. The van der Waals surface area contributed by atoms with Crippen molar-refractivity contribution in [2.45, 2.75) is 46.5 Å². The molecule has 0 bridgehead atoms. The van der Waals surface area contributed by atoms with Gasteiger partial charge in [0.1, 0.15) is 0 Å². The zero-order chi connectivity index (χ0) is 15.7. The van der Waals surface area contributed by atoms with E-state index in [1.165, 1.54) is 0 Å². The fourth-order valence-corrected chi connectivity index (χ4v) is 3.53. The number of nitrogens with one attached hydrogen (secondary N) is 2. The summed E-state index contributed by atoms with van der Waals surface area (Å²) in [4.78, 5) is 23.6. The lowest BCUT2D eigenvalue weighted by Crippen LogP contribution is -2.38. The van der Waals surface area contributed by atoms with Crippen molar-refractivity contribution < 1.29 is 14.7 Å². The van der Waals surface area contributed by atoms with Crippen LogP contribution in [0, 0.1) is 22.7 Å². The third kappa shape index (κ3) is 4.19. The predicted octanol–water partition coefficient (Wildman–Crippen LogP) is 1.63. The van der Waals surface area contributed by atoms with Gasteiger partial charge in [-0.15, -0.1) is 0 Å². The van der Waals surface area contributed by atoms with Crippen molar-refractivity contribution >= 4 is 11.9 Å². The van der Waals surface area contributed by atoms with Gasteiger partial charge in [0.25, 0.3) is 0 Å². The first-order chi connectivity index (χ1) is 9.73. The number of carbonyl (C=O) groups is 2. The first kappa shape index (κ1) is 16.3. The molecule has 2 rings (SSSR count). The van der Waals surface area contributed by atoms with Crippen molar-refractivity contribution in [3.63, 3.8) is 0 Å². The molecule has 1 aliphatic carbocycles. The lowest BCUT2D eigenvalue weighted by atomic mass is 9.84. The zero-order valence-corrected chi connectivity index (χ0v) is 13.4. The number of hydrogen-bond acceptors (Lipinski definition) is 3. The van der Waals surface area contributed by atoms with Crippen molar-refractivity contribution in [2.75, 3.05) is 19.6 Å². The lowest BCUT2D eigenvalue weighted by Gasteiger charge is -2.25. The number of hydrogen-bond donors (Lipinski definition) is 3. The van der Waals surface area contributed by atoms with Crippen LogP contribution in [0.2, 0.25) is 0 Å². The van der Waals surface area contributed by atoms with Crippen LogP contribution < -0.4 is 10.6 Å². The molecule has 0 aromatic carbocycles. The van der Waals surface area contributed by atoms with Crippen LogP contribution in [0.4, 0.5) is 0 Å². The smallest absolute Gasteiger partial charge is 0.308 e. The van der Waals surface area contributed by atoms with Crippen molar-refractivity contribution in [1.82, 2.24) is 10.6 Å². The van der Waals surface area contributed by atoms with Gasteiger partial charge in [-0.2, -0.15) is 0 Å². The van der Waals surface area contributed by atoms with E-state index >= 15 is 0 Å². The predicted molar refractivity (Wildman–Crippen MR) is 80.9 cm³/mol. The molecule has 2 atom stereocenters. The average molecular weight is 296 g/mol. The molecule has 5 heteroatoms. The Hall–Kier alpha value is -1.10. The van der Waals surface area contributed by atoms with Crippen molar-refractivity contribution in [1.29, 1.82) is 0 Å². The average Bonchev–Trinajstić information content (AvgIpc) is 3.07. The molecule has 1 amide bonds. The van der Waals surface area contributed by atoms with Crippen LogP contribution in [0.5, 0.6) is 0 Å². The molecule has 0 aromatic heterocycles. The SMILES string of the molecule is CC(C)(C)CC(CNC(=O)C1CC12CCNCC2)C(=O)O. The van der Waals surface area contributed by atoms with E-state index in [0.29, 0.717) is 6.42 Å². The topological polar surface area (TPSA) is 78.4 Å². The molecule has 120 valence electrons. The van der Waals surface area contributed by atoms with Crippen molar-refractivity contribution in [3.05, 3.63) is 0 Å². The van der Waals surface area contributed by atoms with E-state index in [1.54, 1.807) is 0 Å². The summed E-state index contributed by atoms with van der Waals surface area (Å²) < 4.78 is 0. The molecule has 5 nitrogen and oxygen atoms in total. The Bertz CT molecular complexity index is 408. The Balaban J connectivity index is 1.81. The van der Waals surface area contributed by atoms with Crippen LogP contribution in [-0.4, -0.2) is 36.6 Å². The maximum atomic E-state index is 12.2. The quantitative estimate of drug-likeness (QED) is 0.720. The van der Waals surface area contributed by atoms with Crippen molar-refractivity contribution in [2.24, 2.45) is 22.7 Å². The molecule has 3 N–H and O–H groups in total. The highest BCUT2D eigenvalue weighted by atomic mass is 16.4. The van der Waals surface area contributed by atoms with Gasteiger partial charge in [-0.25, -0.2) is 0 Å². The molecule has 1 aliphatic heterocycles. The van der Waals surface area contributed by atoms with Gasteiger partial charge in [-0.3, -0.25) is 9.59 Å². The van der Waals surface area contributed by atoms with Gasteiger partial charge < -0.3 is 15.7 Å². The number of carbonyl (C=O) groups excluding carboxylic acids is 1. The van der Waals surface area contributed by atoms with E-state index in [-0.39, 0.29) is 29.2 Å². The molecule has 21 heavy (non-hydrogen) atoms. The first-order valence-electron chi connectivity index (χ1n) is 7.95. The second-order valence-electron chi connectivity index (χ2n) is 7.91. The summed E-state index contributed by atoms with van der Waals surface area (Å²) in [7, 11) is 0. The second-order valence-corrected chi connectivity index (χ2v) is 7.91. The van der Waals surface area contributed by atoms with Gasteiger partial charge >= 0.3 is 5.97 Å². The maximum Gasteiger partial charge on any atom is 0.308 e. The van der Waals surface area contributed by atoms with Crippen LogP contribution in [0.3, 0.4) is 0 Å². The highest BCUT2D eigenvalue weighted by Crippen LogP contribution is 2.58. The van der Waals surface area contributed by atoms with E-state index in [1.807, 2.05) is 20.8 Å². The standard InChI is InChI=1S/C16H28N2O3/c1-15(2,3)8-11(14(20)21)10-18-13(19)12-9-16(12)4-6-17-7-5-16/h11-12,17H,4-10H2,1-3H3,(H,18,19)(H,20,21). The number of piperidine rings is 1. The van der Waals surface area contributed by atoms with E-state index in [9.17, 15) is 14.7 Å². The molecule has 1 heterocycles. The summed E-state index contributed by atoms with van der Waals surface area (Å²) in [6.07, 6.45) is 3.67. The van der Waals surface area contributed by atoms with Crippen LogP contribution in [0.25, 0.3) is 0 Å². The Morgan fingerprint density at radius 2 is 1.95 bits per heavy atom. The van der Waals surface area contributed by atoms with E-state index in [2.05, 4.69) is 10.6 Å². The molecule has 2 fully saturated rings. The summed E-state index contributed by atoms with van der Waals surface area (Å²) in [6.45, 7) is 8.30.